The van der Waals surface area contributed by atoms with Crippen LogP contribution in [0.3, 0.4) is 0 Å². The van der Waals surface area contributed by atoms with Crippen molar-refractivity contribution in [3.8, 4) is 23.8 Å². The summed E-state index contributed by atoms with van der Waals surface area (Å²) in [5.74, 6) is 3.17. The van der Waals surface area contributed by atoms with E-state index in [4.69, 9.17) is 66.7 Å². The molecule has 1 unspecified atom stereocenters. The molecule has 0 bridgehead atoms. The zero-order chi connectivity index (χ0) is 42.4. The molecule has 1 amide bonds. The van der Waals surface area contributed by atoms with Crippen LogP contribution in [0.1, 0.15) is 79.3 Å². The first kappa shape index (κ1) is 48.1. The second-order valence-electron chi connectivity index (χ2n) is 14.4. The minimum Gasteiger partial charge on any atom is -0.479 e. The number of hydrogen-bond donors (Lipinski definition) is 2. The summed E-state index contributed by atoms with van der Waals surface area (Å²) in [6.45, 7) is 21.0. The van der Waals surface area contributed by atoms with Crippen LogP contribution in [0.15, 0.2) is 39.5 Å². The molecule has 2 aromatic heterocycles. The van der Waals surface area contributed by atoms with E-state index in [1.54, 1.807) is 12.0 Å². The molecule has 1 atom stereocenters. The molecule has 306 valence electrons. The standard InChI is InChI=1S/C15H14Cl2N2O3.C15H22ClNO2.C9H16ClN5/c1-5-6-21-12-8-11(9(16)7-10(12)17)19-14(20)22-13(18-19)15(2,3)4;1-5-13-8-6-7-11(2)15(13)17(14(18)9-16)12(3)10-19-4;1-5-11-7-12-6(10)13-8(14-7)15-9(2,3)4/h1,7-8H,6H2,2-4H3;6-8,12H,5,9-10H2,1-4H3;5H2,1-4H3,(H2,11,12,13,14,15). The Morgan fingerprint density at radius 2 is 1.71 bits per heavy atom. The zero-order valence-corrected chi connectivity index (χ0v) is 36.8. The number of halogens is 4. The monoisotopic (exact) mass is 852 g/mol. The maximum Gasteiger partial charge on any atom is 0.442 e. The van der Waals surface area contributed by atoms with E-state index in [0.29, 0.717) is 35.8 Å². The van der Waals surface area contributed by atoms with Gasteiger partial charge in [-0.3, -0.25) is 4.79 Å². The zero-order valence-electron chi connectivity index (χ0n) is 33.8. The lowest BCUT2D eigenvalue weighted by molar-refractivity contribution is -0.116. The average Bonchev–Trinajstić information content (AvgIpc) is 3.50. The minimum absolute atomic E-state index is 0.0223. The van der Waals surface area contributed by atoms with E-state index in [-0.39, 0.29) is 45.3 Å². The molecule has 2 N–H and O–H groups in total. The van der Waals surface area contributed by atoms with Gasteiger partial charge in [-0.2, -0.15) is 19.6 Å². The summed E-state index contributed by atoms with van der Waals surface area (Å²) in [6.07, 6.45) is 6.03. The highest BCUT2D eigenvalue weighted by Crippen LogP contribution is 2.33. The highest BCUT2D eigenvalue weighted by Gasteiger charge is 2.26. The van der Waals surface area contributed by atoms with E-state index < -0.39 is 11.2 Å². The Morgan fingerprint density at radius 1 is 1.05 bits per heavy atom. The first-order valence-corrected chi connectivity index (χ1v) is 19.4. The number of para-hydroxylation sites is 1. The third-order valence-electron chi connectivity index (χ3n) is 7.33. The van der Waals surface area contributed by atoms with E-state index in [0.717, 1.165) is 34.5 Å². The highest BCUT2D eigenvalue weighted by molar-refractivity contribution is 6.36. The molecular weight excluding hydrogens is 802 g/mol. The number of carbonyl (C=O) groups excluding carboxylic acids is 1. The van der Waals surface area contributed by atoms with Crippen LogP contribution in [-0.4, -0.2) is 75.0 Å². The van der Waals surface area contributed by atoms with Crippen molar-refractivity contribution in [3.05, 3.63) is 73.2 Å². The average molecular weight is 855 g/mol. The summed E-state index contributed by atoms with van der Waals surface area (Å²) >= 11 is 23.7. The van der Waals surface area contributed by atoms with Crippen molar-refractivity contribution < 1.29 is 18.7 Å². The maximum absolute atomic E-state index is 12.2. The molecule has 2 heterocycles. The molecule has 0 aliphatic rings. The fourth-order valence-electron chi connectivity index (χ4n) is 4.94. The fraction of sp³-hybridized carbons (Fsp3) is 0.487. The van der Waals surface area contributed by atoms with Crippen molar-refractivity contribution in [2.75, 3.05) is 48.3 Å². The number of anilines is 3. The second kappa shape index (κ2) is 22.0. The van der Waals surface area contributed by atoms with E-state index in [2.05, 4.69) is 49.6 Å². The quantitative estimate of drug-likeness (QED) is 0.104. The number of aromatic nitrogens is 5. The van der Waals surface area contributed by atoms with Gasteiger partial charge in [0.25, 0.3) is 0 Å². The molecule has 4 aromatic rings. The summed E-state index contributed by atoms with van der Waals surface area (Å²) in [7, 11) is 1.64. The Balaban J connectivity index is 0.000000296. The van der Waals surface area contributed by atoms with Gasteiger partial charge in [0.2, 0.25) is 29.0 Å². The van der Waals surface area contributed by atoms with Crippen LogP contribution in [0.2, 0.25) is 15.3 Å². The van der Waals surface area contributed by atoms with Crippen LogP contribution in [0.5, 0.6) is 5.75 Å². The Hall–Kier alpha value is -4.06. The lowest BCUT2D eigenvalue weighted by Crippen LogP contribution is -2.43. The highest BCUT2D eigenvalue weighted by atomic mass is 35.5. The maximum atomic E-state index is 12.2. The van der Waals surface area contributed by atoms with Gasteiger partial charge in [0.1, 0.15) is 18.2 Å². The summed E-state index contributed by atoms with van der Waals surface area (Å²) < 4.78 is 16.7. The van der Waals surface area contributed by atoms with Crippen molar-refractivity contribution >= 4 is 69.9 Å². The van der Waals surface area contributed by atoms with Gasteiger partial charge in [0.15, 0.2) is 0 Å². The number of terminal acetylenes is 1. The van der Waals surface area contributed by atoms with Gasteiger partial charge in [-0.15, -0.1) is 23.1 Å². The molecule has 0 aliphatic heterocycles. The van der Waals surface area contributed by atoms with Crippen molar-refractivity contribution in [1.82, 2.24) is 24.7 Å². The van der Waals surface area contributed by atoms with Gasteiger partial charge in [0, 0.05) is 30.7 Å². The first-order valence-electron chi connectivity index (χ1n) is 17.8. The number of nitrogens with one attached hydrogen (secondary N) is 2. The van der Waals surface area contributed by atoms with Crippen LogP contribution >= 0.6 is 46.4 Å². The third kappa shape index (κ3) is 14.5. The summed E-state index contributed by atoms with van der Waals surface area (Å²) in [6, 6.07) is 9.00. The van der Waals surface area contributed by atoms with Crippen LogP contribution in [0.4, 0.5) is 17.6 Å². The number of amides is 1. The van der Waals surface area contributed by atoms with E-state index in [1.165, 1.54) is 12.1 Å². The smallest absolute Gasteiger partial charge is 0.442 e. The van der Waals surface area contributed by atoms with E-state index in [9.17, 15) is 9.59 Å². The summed E-state index contributed by atoms with van der Waals surface area (Å²) in [5.41, 5.74) is 3.00. The summed E-state index contributed by atoms with van der Waals surface area (Å²) in [5, 5.41) is 11.0. The van der Waals surface area contributed by atoms with Gasteiger partial charge < -0.3 is 29.4 Å². The van der Waals surface area contributed by atoms with Crippen molar-refractivity contribution in [2.45, 2.75) is 92.7 Å². The van der Waals surface area contributed by atoms with Crippen molar-refractivity contribution in [1.29, 1.82) is 0 Å². The molecule has 17 heteroatoms. The number of methoxy groups -OCH3 is 1. The van der Waals surface area contributed by atoms with Crippen LogP contribution in [-0.2, 0) is 21.4 Å². The Morgan fingerprint density at radius 3 is 2.25 bits per heavy atom. The predicted octanol–water partition coefficient (Wildman–Crippen LogP) is 8.77. The molecule has 0 saturated carbocycles. The van der Waals surface area contributed by atoms with Gasteiger partial charge in [0.05, 0.1) is 34.1 Å². The normalized spacial score (nSPS) is 11.6. The van der Waals surface area contributed by atoms with Crippen LogP contribution < -0.4 is 26.0 Å². The Bertz CT molecular complexity index is 2000. The molecule has 13 nitrogen and oxygen atoms in total. The van der Waals surface area contributed by atoms with Gasteiger partial charge >= 0.3 is 5.76 Å². The Kier molecular flexibility index (Phi) is 18.9. The molecule has 0 aliphatic carbocycles. The lowest BCUT2D eigenvalue weighted by atomic mass is 9.97. The number of rotatable bonds is 12. The number of carbonyl (C=O) groups is 1. The van der Waals surface area contributed by atoms with Crippen LogP contribution in [0, 0.1) is 19.3 Å². The molecule has 4 rings (SSSR count). The first-order chi connectivity index (χ1) is 26.2. The van der Waals surface area contributed by atoms with Crippen molar-refractivity contribution in [3.63, 3.8) is 0 Å². The topological polar surface area (TPSA) is 150 Å². The summed E-state index contributed by atoms with van der Waals surface area (Å²) in [4.78, 5) is 38.1. The molecule has 0 spiro atoms. The Labute approximate surface area is 349 Å². The molecule has 0 radical (unpaired) electrons. The van der Waals surface area contributed by atoms with E-state index in [1.807, 2.05) is 74.4 Å². The fourth-order valence-corrected chi connectivity index (χ4v) is 5.75. The number of ether oxygens (including phenoxy) is 2. The molecule has 2 aromatic carbocycles. The number of benzene rings is 2. The van der Waals surface area contributed by atoms with Gasteiger partial charge in [-0.25, -0.2) is 4.79 Å². The molecule has 0 saturated heterocycles. The molecule has 56 heavy (non-hydrogen) atoms. The molecular formula is C39H52Cl4N8O5. The lowest BCUT2D eigenvalue weighted by Gasteiger charge is -2.31. The third-order valence-corrected chi connectivity index (χ3v) is 8.33. The second-order valence-corrected chi connectivity index (χ2v) is 15.8. The van der Waals surface area contributed by atoms with Crippen molar-refractivity contribution in [2.24, 2.45) is 0 Å². The number of alkyl halides is 1. The number of aryl methyl sites for hydroxylation is 2. The number of hydrogen-bond acceptors (Lipinski definition) is 11. The van der Waals surface area contributed by atoms with Crippen LogP contribution in [0.25, 0.3) is 5.69 Å². The SMILES string of the molecule is C#CCOc1cc(-n2nc(C(C)(C)C)oc2=O)c(Cl)cc1Cl.CCNc1nc(Cl)nc(NC(C)(C)C)n1.CCc1cccc(C)c1N(C(=O)CCl)C(C)COC. The molecule has 0 fully saturated rings. The van der Waals surface area contributed by atoms with Gasteiger partial charge in [-0.05, 0) is 76.8 Å². The largest absolute Gasteiger partial charge is 0.479 e. The predicted molar refractivity (Wildman–Crippen MR) is 228 cm³/mol. The van der Waals surface area contributed by atoms with Gasteiger partial charge in [-0.1, -0.05) is 75.0 Å². The van der Waals surface area contributed by atoms with E-state index >= 15 is 0 Å². The number of nitrogens with zero attached hydrogens (tertiary/aromatic N) is 6. The minimum atomic E-state index is -0.642.